The van der Waals surface area contributed by atoms with E-state index in [1.165, 1.54) is 0 Å². The molecule has 0 spiro atoms. The molecule has 1 unspecified atom stereocenters. The van der Waals surface area contributed by atoms with E-state index in [-0.39, 0.29) is 6.04 Å². The van der Waals surface area contributed by atoms with Crippen molar-refractivity contribution in [2.24, 2.45) is 0 Å². The molecule has 0 saturated heterocycles. The van der Waals surface area contributed by atoms with Crippen LogP contribution in [0.15, 0.2) is 18.2 Å². The van der Waals surface area contributed by atoms with Crippen LogP contribution in [0.5, 0.6) is 0 Å². The van der Waals surface area contributed by atoms with E-state index in [0.29, 0.717) is 0 Å². The summed E-state index contributed by atoms with van der Waals surface area (Å²) in [6.45, 7) is 0.740. The predicted octanol–water partition coefficient (Wildman–Crippen LogP) is 0.612. The van der Waals surface area contributed by atoms with E-state index in [1.807, 2.05) is 18.2 Å². The molecule has 1 atom stereocenters. The normalized spacial score (nSPS) is 20.5. The summed E-state index contributed by atoms with van der Waals surface area (Å²) in [6, 6.07) is 5.50. The van der Waals surface area contributed by atoms with Crippen LogP contribution in [0.4, 0.5) is 5.69 Å². The van der Waals surface area contributed by atoms with Crippen molar-refractivity contribution in [3.63, 3.8) is 0 Å². The molecule has 0 saturated carbocycles. The Kier molecular flexibility index (Phi) is 1.59. The third-order valence-corrected chi connectivity index (χ3v) is 2.15. The van der Waals surface area contributed by atoms with Gasteiger partial charge in [0.05, 0.1) is 6.04 Å². The molecule has 62 valence electrons. The molecule has 0 aromatic heterocycles. The molecule has 0 fully saturated rings. The first-order valence-electron chi connectivity index (χ1n) is 3.88. The zero-order valence-electron chi connectivity index (χ0n) is 6.58. The first-order chi connectivity index (χ1) is 5.81. The van der Waals surface area contributed by atoms with Crippen molar-refractivity contribution in [2.45, 2.75) is 12.6 Å². The summed E-state index contributed by atoms with van der Waals surface area (Å²) in [7, 11) is 0. The molecular formula is C9H10N2O. The van der Waals surface area contributed by atoms with E-state index < -0.39 is 0 Å². The number of carbonyl (C=O) groups excluding carboxylic acids is 1. The number of hydrogen-bond donors (Lipinski definition) is 2. The molecule has 0 aliphatic carbocycles. The van der Waals surface area contributed by atoms with Crippen molar-refractivity contribution in [3.8, 4) is 0 Å². The van der Waals surface area contributed by atoms with Gasteiger partial charge in [-0.15, -0.1) is 0 Å². The molecular weight excluding hydrogens is 152 g/mol. The van der Waals surface area contributed by atoms with E-state index in [9.17, 15) is 4.79 Å². The zero-order valence-corrected chi connectivity index (χ0v) is 6.58. The molecule has 1 aromatic carbocycles. The van der Waals surface area contributed by atoms with Crippen LogP contribution in [0.1, 0.15) is 17.2 Å². The Morgan fingerprint density at radius 2 is 2.42 bits per heavy atom. The highest BCUT2D eigenvalue weighted by molar-refractivity contribution is 5.65. The summed E-state index contributed by atoms with van der Waals surface area (Å²) < 4.78 is 0. The SMILES string of the molecule is Nc1ccc2c(c1)CNC2C=O. The van der Waals surface area contributed by atoms with Crippen molar-refractivity contribution in [2.75, 3.05) is 5.73 Å². The number of anilines is 1. The average molecular weight is 162 g/mol. The Bertz CT molecular complexity index is 322. The maximum absolute atomic E-state index is 10.6. The van der Waals surface area contributed by atoms with Gasteiger partial charge >= 0.3 is 0 Å². The maximum Gasteiger partial charge on any atom is 0.141 e. The number of rotatable bonds is 1. The van der Waals surface area contributed by atoms with Crippen LogP contribution < -0.4 is 11.1 Å². The molecule has 2 rings (SSSR count). The van der Waals surface area contributed by atoms with Gasteiger partial charge in [-0.05, 0) is 23.3 Å². The Balaban J connectivity index is 2.47. The molecule has 3 nitrogen and oxygen atoms in total. The Hall–Kier alpha value is -1.35. The van der Waals surface area contributed by atoms with E-state index in [4.69, 9.17) is 5.73 Å². The van der Waals surface area contributed by atoms with Gasteiger partial charge in [-0.25, -0.2) is 0 Å². The second kappa shape index (κ2) is 2.60. The standard InChI is InChI=1S/C9H10N2O/c10-7-1-2-8-6(3-7)4-11-9(8)5-12/h1-3,5,9,11H,4,10H2. The summed E-state index contributed by atoms with van der Waals surface area (Å²) in [5.41, 5.74) is 8.54. The van der Waals surface area contributed by atoms with E-state index >= 15 is 0 Å². The number of benzene rings is 1. The number of hydrogen-bond acceptors (Lipinski definition) is 3. The van der Waals surface area contributed by atoms with Crippen molar-refractivity contribution in [3.05, 3.63) is 29.3 Å². The van der Waals surface area contributed by atoms with Gasteiger partial charge in [0, 0.05) is 12.2 Å². The smallest absolute Gasteiger partial charge is 0.141 e. The quantitative estimate of drug-likeness (QED) is 0.470. The Labute approximate surface area is 70.6 Å². The first kappa shape index (κ1) is 7.31. The molecule has 12 heavy (non-hydrogen) atoms. The van der Waals surface area contributed by atoms with Crippen LogP contribution >= 0.6 is 0 Å². The highest BCUT2D eigenvalue weighted by Gasteiger charge is 2.20. The van der Waals surface area contributed by atoms with Crippen LogP contribution in [0.2, 0.25) is 0 Å². The van der Waals surface area contributed by atoms with Crippen LogP contribution in [-0.2, 0) is 11.3 Å². The Morgan fingerprint density at radius 3 is 3.17 bits per heavy atom. The van der Waals surface area contributed by atoms with Crippen molar-refractivity contribution < 1.29 is 4.79 Å². The predicted molar refractivity (Wildman–Crippen MR) is 46.5 cm³/mol. The van der Waals surface area contributed by atoms with Gasteiger partial charge < -0.3 is 10.5 Å². The highest BCUT2D eigenvalue weighted by atomic mass is 16.1. The number of nitrogens with one attached hydrogen (secondary N) is 1. The fraction of sp³-hybridized carbons (Fsp3) is 0.222. The summed E-state index contributed by atoms with van der Waals surface area (Å²) in [5, 5.41) is 3.08. The van der Waals surface area contributed by atoms with Gasteiger partial charge in [-0.3, -0.25) is 5.32 Å². The topological polar surface area (TPSA) is 55.1 Å². The molecule has 3 N–H and O–H groups in total. The van der Waals surface area contributed by atoms with Crippen LogP contribution in [0.25, 0.3) is 0 Å². The summed E-state index contributed by atoms with van der Waals surface area (Å²) in [5.74, 6) is 0. The van der Waals surface area contributed by atoms with Crippen molar-refractivity contribution in [1.29, 1.82) is 0 Å². The van der Waals surface area contributed by atoms with E-state index in [2.05, 4.69) is 5.32 Å². The van der Waals surface area contributed by atoms with Gasteiger partial charge in [-0.2, -0.15) is 0 Å². The molecule has 1 aromatic rings. The average Bonchev–Trinajstić information content (AvgIpc) is 2.46. The molecule has 1 aliphatic heterocycles. The van der Waals surface area contributed by atoms with Gasteiger partial charge in [0.15, 0.2) is 0 Å². The van der Waals surface area contributed by atoms with Gasteiger partial charge in [0.25, 0.3) is 0 Å². The van der Waals surface area contributed by atoms with Gasteiger partial charge in [0.1, 0.15) is 6.29 Å². The van der Waals surface area contributed by atoms with Crippen LogP contribution in [0, 0.1) is 0 Å². The number of nitrogens with two attached hydrogens (primary N) is 1. The van der Waals surface area contributed by atoms with E-state index in [0.717, 1.165) is 29.6 Å². The Morgan fingerprint density at radius 1 is 1.58 bits per heavy atom. The largest absolute Gasteiger partial charge is 0.399 e. The molecule has 0 bridgehead atoms. The second-order valence-electron chi connectivity index (χ2n) is 2.95. The lowest BCUT2D eigenvalue weighted by Crippen LogP contribution is -2.12. The summed E-state index contributed by atoms with van der Waals surface area (Å²) in [6.07, 6.45) is 0.919. The highest BCUT2D eigenvalue weighted by Crippen LogP contribution is 2.25. The lowest BCUT2D eigenvalue weighted by molar-refractivity contribution is -0.109. The molecule has 0 amide bonds. The van der Waals surface area contributed by atoms with Gasteiger partial charge in [-0.1, -0.05) is 6.07 Å². The van der Waals surface area contributed by atoms with Crippen LogP contribution in [0.3, 0.4) is 0 Å². The van der Waals surface area contributed by atoms with Crippen molar-refractivity contribution >= 4 is 12.0 Å². The summed E-state index contributed by atoms with van der Waals surface area (Å²) >= 11 is 0. The lowest BCUT2D eigenvalue weighted by Gasteiger charge is -2.02. The minimum Gasteiger partial charge on any atom is -0.399 e. The molecule has 0 radical (unpaired) electrons. The number of nitrogen functional groups attached to an aromatic ring is 1. The maximum atomic E-state index is 10.6. The minimum absolute atomic E-state index is 0.138. The lowest BCUT2D eigenvalue weighted by atomic mass is 10.1. The third kappa shape index (κ3) is 0.987. The zero-order chi connectivity index (χ0) is 8.55. The van der Waals surface area contributed by atoms with E-state index in [1.54, 1.807) is 0 Å². The number of carbonyl (C=O) groups is 1. The fourth-order valence-corrected chi connectivity index (χ4v) is 1.53. The van der Waals surface area contributed by atoms with Crippen LogP contribution in [-0.4, -0.2) is 6.29 Å². The monoisotopic (exact) mass is 162 g/mol. The molecule has 1 aliphatic rings. The first-order valence-corrected chi connectivity index (χ1v) is 3.88. The minimum atomic E-state index is -0.138. The third-order valence-electron chi connectivity index (χ3n) is 2.15. The molecule has 3 heteroatoms. The fourth-order valence-electron chi connectivity index (χ4n) is 1.53. The number of aldehydes is 1. The number of fused-ring (bicyclic) bond motifs is 1. The van der Waals surface area contributed by atoms with Crippen molar-refractivity contribution in [1.82, 2.24) is 5.32 Å². The molecule has 1 heterocycles. The van der Waals surface area contributed by atoms with Gasteiger partial charge in [0.2, 0.25) is 0 Å². The second-order valence-corrected chi connectivity index (χ2v) is 2.95. The summed E-state index contributed by atoms with van der Waals surface area (Å²) in [4.78, 5) is 10.6.